The van der Waals surface area contributed by atoms with E-state index in [1.54, 1.807) is 27.7 Å². The van der Waals surface area contributed by atoms with Crippen molar-refractivity contribution < 1.29 is 50.8 Å². The van der Waals surface area contributed by atoms with E-state index in [-0.39, 0.29) is 44.8 Å². The van der Waals surface area contributed by atoms with E-state index in [1.807, 2.05) is 45.0 Å². The van der Waals surface area contributed by atoms with E-state index in [2.05, 4.69) is 16.4 Å². The molecule has 4 rings (SSSR count). The van der Waals surface area contributed by atoms with E-state index < -0.39 is 26.0 Å². The first-order valence-corrected chi connectivity index (χ1v) is 22.5. The number of carbonyl (C=O) groups is 1. The van der Waals surface area contributed by atoms with Crippen LogP contribution in [0.5, 0.6) is 23.0 Å². The van der Waals surface area contributed by atoms with Crippen molar-refractivity contribution in [2.45, 2.75) is 84.4 Å². The Morgan fingerprint density at radius 3 is 1.67 bits per heavy atom. The predicted molar refractivity (Wildman–Crippen MR) is 235 cm³/mol. The molecule has 4 N–H and O–H groups in total. The summed E-state index contributed by atoms with van der Waals surface area (Å²) in [4.78, 5) is 15.1. The molecule has 14 nitrogen and oxygen atoms in total. The van der Waals surface area contributed by atoms with Gasteiger partial charge in [-0.2, -0.15) is 0 Å². The first-order valence-electron chi connectivity index (χ1n) is 19.6. The highest BCUT2D eigenvalue weighted by atomic mass is 32.2. The number of rotatable bonds is 18. The molecule has 4 aromatic carbocycles. The predicted octanol–water partition coefficient (Wildman–Crippen LogP) is 7.37. The normalized spacial score (nSPS) is 11.4. The van der Waals surface area contributed by atoms with E-state index in [1.165, 1.54) is 51.5 Å². The third-order valence-corrected chi connectivity index (χ3v) is 13.2. The van der Waals surface area contributed by atoms with Crippen molar-refractivity contribution in [1.82, 2.24) is 4.90 Å². The molecule has 1 amide bonds. The number of phenols is 2. The van der Waals surface area contributed by atoms with Crippen molar-refractivity contribution in [2.24, 2.45) is 0 Å². The molecule has 0 bridgehead atoms. The van der Waals surface area contributed by atoms with Gasteiger partial charge in [0.05, 0.1) is 48.5 Å². The fourth-order valence-electron chi connectivity index (χ4n) is 7.01. The topological polar surface area (TPSA) is 190 Å². The molecular weight excluding hydrogens is 811 g/mol. The van der Waals surface area contributed by atoms with Crippen LogP contribution in [0.15, 0.2) is 52.3 Å². The van der Waals surface area contributed by atoms with Crippen molar-refractivity contribution in [3.05, 3.63) is 92.5 Å². The maximum atomic E-state index is 13.4. The van der Waals surface area contributed by atoms with Crippen LogP contribution in [0, 0.1) is 34.6 Å². The number of hydrogen-bond acceptors (Lipinski definition) is 11. The molecule has 0 aliphatic carbocycles. The zero-order valence-corrected chi connectivity index (χ0v) is 38.5. The second-order valence-corrected chi connectivity index (χ2v) is 17.6. The Bertz CT molecular complexity index is 2330. The minimum absolute atomic E-state index is 0.00672. The molecule has 330 valence electrons. The zero-order valence-electron chi connectivity index (χ0n) is 36.8. The molecular formula is C44H61N3O11S2. The molecule has 0 saturated carbocycles. The summed E-state index contributed by atoms with van der Waals surface area (Å²) in [5.74, 6) is -0.261. The van der Waals surface area contributed by atoms with E-state index in [9.17, 15) is 31.8 Å². The maximum Gasteiger partial charge on any atom is 0.262 e. The van der Waals surface area contributed by atoms with Crippen molar-refractivity contribution >= 4 is 37.3 Å². The number of benzene rings is 4. The van der Waals surface area contributed by atoms with Crippen LogP contribution in [0.1, 0.15) is 75.6 Å². The van der Waals surface area contributed by atoms with Gasteiger partial charge in [-0.15, -0.1) is 0 Å². The highest BCUT2D eigenvalue weighted by Gasteiger charge is 2.28. The summed E-state index contributed by atoms with van der Waals surface area (Å²) < 4.78 is 79.1. The third-order valence-electron chi connectivity index (χ3n) is 9.94. The van der Waals surface area contributed by atoms with Crippen molar-refractivity contribution in [1.29, 1.82) is 0 Å². The summed E-state index contributed by atoms with van der Waals surface area (Å²) in [5.41, 5.74) is 6.08. The van der Waals surface area contributed by atoms with Gasteiger partial charge in [0.1, 0.15) is 22.9 Å². The second-order valence-electron chi connectivity index (χ2n) is 14.3. The molecule has 4 aromatic rings. The fraction of sp³-hybridized carbons (Fsp3) is 0.432. The number of aryl methyl sites for hydroxylation is 7. The number of carbonyl (C=O) groups excluding carboxylic acids is 1. The van der Waals surface area contributed by atoms with Crippen LogP contribution in [-0.2, 0) is 48.8 Å². The van der Waals surface area contributed by atoms with E-state index in [4.69, 9.17) is 18.9 Å². The molecule has 0 spiro atoms. The van der Waals surface area contributed by atoms with Crippen LogP contribution < -0.4 is 18.9 Å². The van der Waals surface area contributed by atoms with Crippen molar-refractivity contribution in [3.8, 4) is 23.0 Å². The van der Waals surface area contributed by atoms with E-state index in [0.29, 0.717) is 66.3 Å². The minimum Gasteiger partial charge on any atom is -0.507 e. The van der Waals surface area contributed by atoms with Gasteiger partial charge in [0.2, 0.25) is 0 Å². The maximum absolute atomic E-state index is 13.4. The van der Waals surface area contributed by atoms with Gasteiger partial charge in [0.25, 0.3) is 26.0 Å². The molecule has 60 heavy (non-hydrogen) atoms. The Labute approximate surface area is 355 Å². The first-order chi connectivity index (χ1) is 28.2. The summed E-state index contributed by atoms with van der Waals surface area (Å²) >= 11 is 0. The molecule has 0 aliphatic rings. The Morgan fingerprint density at radius 2 is 1.20 bits per heavy atom. The SMILES string of the molecule is CCc1cc(CC)c(S(=O)(=O)Nc2c(OC)cc(O)c(C)c2OC)c(CC)c1.COCCN(CCOC)C(=O)c1cc(NS(=O)(=O)c2c(C)cc(C)cc2C)cc(C)c1O. The number of sulfonamides is 2. The Morgan fingerprint density at radius 1 is 0.667 bits per heavy atom. The largest absolute Gasteiger partial charge is 0.507 e. The Hall–Kier alpha value is -5.03. The van der Waals surface area contributed by atoms with Gasteiger partial charge >= 0.3 is 0 Å². The standard InChI is InChI=1S/C23H32N2O6S.C21H29NO5S/c1-15-11-17(3)22(18(4)12-15)32(28,29)24-19-13-16(2)21(26)20(14-19)23(27)25(7-9-30-5)8-10-31-6;1-7-14-10-15(8-2)21(16(9-3)11-14)28(24,25)22-19-18(26-5)12-17(23)13(4)20(19)27-6/h11-14,24,26H,7-10H2,1-6H3;10-12,22-23H,7-9H2,1-6H3. The number of nitrogens with one attached hydrogen (secondary N) is 2. The highest BCUT2D eigenvalue weighted by Crippen LogP contribution is 2.44. The summed E-state index contributed by atoms with van der Waals surface area (Å²) in [6.07, 6.45) is 2.03. The summed E-state index contributed by atoms with van der Waals surface area (Å²) in [7, 11) is -1.92. The Kier molecular flexibility index (Phi) is 17.7. The molecule has 0 aliphatic heterocycles. The van der Waals surface area contributed by atoms with Crippen LogP contribution >= 0.6 is 0 Å². The van der Waals surface area contributed by atoms with Gasteiger partial charge in [-0.25, -0.2) is 16.8 Å². The molecule has 0 fully saturated rings. The van der Waals surface area contributed by atoms with Crippen LogP contribution in [0.3, 0.4) is 0 Å². The quantitative estimate of drug-likeness (QED) is 0.0731. The molecule has 0 aromatic heterocycles. The van der Waals surface area contributed by atoms with Gasteiger partial charge in [0.15, 0.2) is 5.75 Å². The Balaban J connectivity index is 0.000000323. The van der Waals surface area contributed by atoms with Crippen LogP contribution in [0.4, 0.5) is 11.4 Å². The van der Waals surface area contributed by atoms with Crippen LogP contribution in [0.25, 0.3) is 0 Å². The monoisotopic (exact) mass is 871 g/mol. The lowest BCUT2D eigenvalue weighted by Crippen LogP contribution is -2.36. The van der Waals surface area contributed by atoms with E-state index in [0.717, 1.165) is 28.7 Å². The summed E-state index contributed by atoms with van der Waals surface area (Å²) in [6, 6.07) is 11.7. The lowest BCUT2D eigenvalue weighted by Gasteiger charge is -2.23. The van der Waals surface area contributed by atoms with Gasteiger partial charge in [0, 0.05) is 38.9 Å². The lowest BCUT2D eigenvalue weighted by atomic mass is 10.0. The van der Waals surface area contributed by atoms with Crippen molar-refractivity contribution in [2.75, 3.05) is 64.2 Å². The van der Waals surface area contributed by atoms with Crippen LogP contribution in [0.2, 0.25) is 0 Å². The number of hydrogen-bond donors (Lipinski definition) is 4. The third kappa shape index (κ3) is 11.6. The van der Waals surface area contributed by atoms with Gasteiger partial charge in [-0.05, 0) is 99.4 Å². The zero-order chi connectivity index (χ0) is 45.1. The average Bonchev–Trinajstić information content (AvgIpc) is 3.19. The summed E-state index contributed by atoms with van der Waals surface area (Å²) in [6.45, 7) is 15.8. The van der Waals surface area contributed by atoms with E-state index >= 15 is 0 Å². The number of methoxy groups -OCH3 is 4. The minimum atomic E-state index is -3.91. The van der Waals surface area contributed by atoms with Crippen LogP contribution in [-0.4, -0.2) is 92.6 Å². The molecule has 0 saturated heterocycles. The summed E-state index contributed by atoms with van der Waals surface area (Å²) in [5, 5.41) is 20.6. The molecule has 0 unspecified atom stereocenters. The molecule has 0 atom stereocenters. The molecule has 0 heterocycles. The molecule has 0 radical (unpaired) electrons. The number of aromatic hydroxyl groups is 2. The number of anilines is 2. The number of amides is 1. The van der Waals surface area contributed by atoms with Gasteiger partial charge < -0.3 is 34.1 Å². The first kappa shape index (κ1) is 49.3. The number of ether oxygens (including phenoxy) is 4. The number of phenolic OH excluding ortho intramolecular Hbond substituents is 2. The average molecular weight is 872 g/mol. The highest BCUT2D eigenvalue weighted by molar-refractivity contribution is 7.93. The smallest absolute Gasteiger partial charge is 0.262 e. The molecule has 16 heteroatoms. The number of nitrogens with zero attached hydrogens (tertiary/aromatic N) is 1. The van der Waals surface area contributed by atoms with Gasteiger partial charge in [-0.3, -0.25) is 14.2 Å². The van der Waals surface area contributed by atoms with Gasteiger partial charge in [-0.1, -0.05) is 50.6 Å². The second kappa shape index (κ2) is 21.5. The lowest BCUT2D eigenvalue weighted by molar-refractivity contribution is 0.0624. The fourth-order valence-corrected chi connectivity index (χ4v) is 10.2. The van der Waals surface area contributed by atoms with Crippen molar-refractivity contribution in [3.63, 3.8) is 0 Å².